The highest BCUT2D eigenvalue weighted by atomic mass is 19.2. The number of amides is 1. The van der Waals surface area contributed by atoms with Crippen LogP contribution in [0.3, 0.4) is 0 Å². The maximum absolute atomic E-state index is 13.3. The molecular formula is C16H16F3N3O. The monoisotopic (exact) mass is 323 g/mol. The van der Waals surface area contributed by atoms with Crippen LogP contribution in [-0.2, 0) is 7.05 Å². The maximum Gasteiger partial charge on any atom is 0.272 e. The van der Waals surface area contributed by atoms with Crippen LogP contribution in [0.5, 0.6) is 0 Å². The molecule has 1 unspecified atom stereocenters. The Bertz CT molecular complexity index is 744. The highest BCUT2D eigenvalue weighted by Gasteiger charge is 2.28. The maximum atomic E-state index is 13.3. The van der Waals surface area contributed by atoms with Gasteiger partial charge in [-0.05, 0) is 30.7 Å². The summed E-state index contributed by atoms with van der Waals surface area (Å²) < 4.78 is 40.4. The molecule has 1 aromatic carbocycles. The smallest absolute Gasteiger partial charge is 0.272 e. The fourth-order valence-corrected chi connectivity index (χ4v) is 2.77. The summed E-state index contributed by atoms with van der Waals surface area (Å²) in [6.45, 7) is 0.468. The van der Waals surface area contributed by atoms with Gasteiger partial charge < -0.3 is 4.90 Å². The van der Waals surface area contributed by atoms with Gasteiger partial charge in [0.25, 0.3) is 5.91 Å². The summed E-state index contributed by atoms with van der Waals surface area (Å²) in [6, 6.07) is 5.01. The van der Waals surface area contributed by atoms with E-state index in [9.17, 15) is 18.0 Å². The summed E-state index contributed by atoms with van der Waals surface area (Å²) in [5.41, 5.74) is 1.11. The van der Waals surface area contributed by atoms with Gasteiger partial charge >= 0.3 is 0 Å². The molecule has 1 fully saturated rings. The molecule has 1 atom stereocenters. The lowest BCUT2D eigenvalue weighted by atomic mass is 10.1. The number of carbonyl (C=O) groups excluding carboxylic acids is 1. The quantitative estimate of drug-likeness (QED) is 0.871. The molecule has 1 aliphatic rings. The molecule has 0 saturated carbocycles. The average Bonchev–Trinajstić information content (AvgIpc) is 3.16. The second-order valence-corrected chi connectivity index (χ2v) is 5.73. The van der Waals surface area contributed by atoms with E-state index in [2.05, 4.69) is 5.10 Å². The molecule has 2 heterocycles. The number of carbonyl (C=O) groups is 1. The Hall–Kier alpha value is -2.31. The summed E-state index contributed by atoms with van der Waals surface area (Å²) in [4.78, 5) is 14.1. The van der Waals surface area contributed by atoms with E-state index >= 15 is 0 Å². The first-order chi connectivity index (χ1) is 11.0. The number of halogens is 3. The van der Waals surface area contributed by atoms with Crippen LogP contribution >= 0.6 is 0 Å². The normalized spacial score (nSPS) is 17.7. The van der Waals surface area contributed by atoms with E-state index in [0.717, 1.165) is 12.1 Å². The van der Waals surface area contributed by atoms with Crippen LogP contribution in [0.4, 0.5) is 13.2 Å². The van der Waals surface area contributed by atoms with Gasteiger partial charge in [0.15, 0.2) is 11.6 Å². The van der Waals surface area contributed by atoms with Crippen molar-refractivity contribution >= 4 is 5.91 Å². The zero-order chi connectivity index (χ0) is 16.6. The van der Waals surface area contributed by atoms with Gasteiger partial charge in [0.05, 0.1) is 12.4 Å². The number of aryl methyl sites for hydroxylation is 1. The molecular weight excluding hydrogens is 307 g/mol. The Kier molecular flexibility index (Phi) is 4.11. The second-order valence-electron chi connectivity index (χ2n) is 5.73. The first-order valence-electron chi connectivity index (χ1n) is 7.34. The molecule has 23 heavy (non-hydrogen) atoms. The lowest BCUT2D eigenvalue weighted by Gasteiger charge is -2.15. The lowest BCUT2D eigenvalue weighted by molar-refractivity contribution is 0.0774. The lowest BCUT2D eigenvalue weighted by Crippen LogP contribution is -2.30. The molecule has 0 bridgehead atoms. The van der Waals surface area contributed by atoms with Crippen molar-refractivity contribution in [1.82, 2.24) is 14.7 Å². The first kappa shape index (κ1) is 15.6. The van der Waals surface area contributed by atoms with E-state index in [1.54, 1.807) is 11.9 Å². The minimum Gasteiger partial charge on any atom is -0.337 e. The van der Waals surface area contributed by atoms with Crippen LogP contribution < -0.4 is 0 Å². The van der Waals surface area contributed by atoms with Gasteiger partial charge in [0.1, 0.15) is 5.69 Å². The van der Waals surface area contributed by atoms with Crippen molar-refractivity contribution in [3.05, 3.63) is 41.6 Å². The summed E-state index contributed by atoms with van der Waals surface area (Å²) in [7, 11) is 1.61. The van der Waals surface area contributed by atoms with Crippen molar-refractivity contribution in [2.75, 3.05) is 19.8 Å². The number of nitrogens with zero attached hydrogens (tertiary/aromatic N) is 3. The molecule has 1 aromatic heterocycles. The second kappa shape index (κ2) is 6.06. The molecule has 0 N–H and O–H groups in total. The Balaban J connectivity index is 1.86. The van der Waals surface area contributed by atoms with E-state index in [1.165, 1.54) is 16.8 Å². The van der Waals surface area contributed by atoms with Crippen LogP contribution in [-0.4, -0.2) is 40.4 Å². The van der Waals surface area contributed by atoms with Crippen LogP contribution in [0.15, 0.2) is 24.3 Å². The van der Waals surface area contributed by atoms with Crippen molar-refractivity contribution in [3.8, 4) is 11.3 Å². The van der Waals surface area contributed by atoms with Gasteiger partial charge in [-0.3, -0.25) is 13.9 Å². The van der Waals surface area contributed by atoms with Crippen molar-refractivity contribution < 1.29 is 18.0 Å². The Labute approximate surface area is 131 Å². The number of likely N-dealkylation sites (tertiary alicyclic amines) is 1. The number of hydrogen-bond donors (Lipinski definition) is 0. The van der Waals surface area contributed by atoms with Gasteiger partial charge in [0, 0.05) is 31.6 Å². The number of aromatic nitrogens is 2. The van der Waals surface area contributed by atoms with Gasteiger partial charge in [-0.25, -0.2) is 8.78 Å². The highest BCUT2D eigenvalue weighted by molar-refractivity contribution is 5.94. The molecule has 1 amide bonds. The molecule has 7 heteroatoms. The third-order valence-electron chi connectivity index (χ3n) is 4.11. The number of rotatable bonds is 3. The number of benzene rings is 1. The zero-order valence-electron chi connectivity index (χ0n) is 12.6. The van der Waals surface area contributed by atoms with Crippen molar-refractivity contribution in [2.45, 2.75) is 6.42 Å². The minimum atomic E-state index is -0.966. The fraction of sp³-hybridized carbons (Fsp3) is 0.375. The van der Waals surface area contributed by atoms with Crippen molar-refractivity contribution in [2.24, 2.45) is 13.0 Å². The van der Waals surface area contributed by atoms with Crippen molar-refractivity contribution in [1.29, 1.82) is 0 Å². The highest BCUT2D eigenvalue weighted by Crippen LogP contribution is 2.24. The van der Waals surface area contributed by atoms with Crippen LogP contribution in [0.2, 0.25) is 0 Å². The molecule has 0 spiro atoms. The predicted molar refractivity (Wildman–Crippen MR) is 78.5 cm³/mol. The molecule has 2 aromatic rings. The van der Waals surface area contributed by atoms with E-state index in [0.29, 0.717) is 36.5 Å². The molecule has 1 saturated heterocycles. The summed E-state index contributed by atoms with van der Waals surface area (Å²) in [5, 5.41) is 4.19. The SMILES string of the molecule is Cn1nc(-c2ccc(F)c(F)c2)cc1C(=O)N1CCC(CF)C1. The standard InChI is InChI=1S/C16H16F3N3O/c1-21-15(16(23)22-5-4-10(8-17)9-22)7-14(20-21)11-2-3-12(18)13(19)6-11/h2-3,6-7,10H,4-5,8-9H2,1H3. The van der Waals surface area contributed by atoms with Crippen LogP contribution in [0.25, 0.3) is 11.3 Å². The molecule has 3 rings (SSSR count). The van der Waals surface area contributed by atoms with E-state index in [1.807, 2.05) is 0 Å². The largest absolute Gasteiger partial charge is 0.337 e. The van der Waals surface area contributed by atoms with E-state index in [4.69, 9.17) is 0 Å². The zero-order valence-corrected chi connectivity index (χ0v) is 12.6. The topological polar surface area (TPSA) is 38.1 Å². The van der Waals surface area contributed by atoms with Gasteiger partial charge in [-0.15, -0.1) is 0 Å². The van der Waals surface area contributed by atoms with Gasteiger partial charge in [-0.1, -0.05) is 0 Å². The molecule has 0 radical (unpaired) electrons. The third-order valence-corrected chi connectivity index (χ3v) is 4.11. The van der Waals surface area contributed by atoms with Gasteiger partial charge in [0.2, 0.25) is 0 Å². The van der Waals surface area contributed by atoms with Crippen LogP contribution in [0, 0.1) is 17.6 Å². The summed E-state index contributed by atoms with van der Waals surface area (Å²) in [6.07, 6.45) is 0.649. The molecule has 1 aliphatic heterocycles. The summed E-state index contributed by atoms with van der Waals surface area (Å²) >= 11 is 0. The summed E-state index contributed by atoms with van der Waals surface area (Å²) in [5.74, 6) is -2.25. The Morgan fingerprint density at radius 3 is 2.74 bits per heavy atom. The molecule has 4 nitrogen and oxygen atoms in total. The predicted octanol–water partition coefficient (Wildman–Crippen LogP) is 2.80. The third kappa shape index (κ3) is 2.95. The minimum absolute atomic E-state index is 0.113. The molecule has 0 aliphatic carbocycles. The van der Waals surface area contributed by atoms with E-state index in [-0.39, 0.29) is 11.8 Å². The number of hydrogen-bond acceptors (Lipinski definition) is 2. The Morgan fingerprint density at radius 2 is 2.09 bits per heavy atom. The first-order valence-corrected chi connectivity index (χ1v) is 7.34. The average molecular weight is 323 g/mol. The van der Waals surface area contributed by atoms with Gasteiger partial charge in [-0.2, -0.15) is 5.10 Å². The fourth-order valence-electron chi connectivity index (χ4n) is 2.77. The van der Waals surface area contributed by atoms with Crippen LogP contribution in [0.1, 0.15) is 16.9 Å². The van der Waals surface area contributed by atoms with Crippen molar-refractivity contribution in [3.63, 3.8) is 0 Å². The van der Waals surface area contributed by atoms with E-state index < -0.39 is 18.3 Å². The number of alkyl halides is 1. The Morgan fingerprint density at radius 1 is 1.30 bits per heavy atom. The molecule has 122 valence electrons.